The Morgan fingerprint density at radius 1 is 0.909 bits per heavy atom. The van der Waals surface area contributed by atoms with E-state index in [1.54, 1.807) is 5.71 Å². The topological polar surface area (TPSA) is 24.4 Å². The molecule has 7 unspecified atom stereocenters. The van der Waals surface area contributed by atoms with Crippen molar-refractivity contribution < 1.29 is 4.39 Å². The minimum atomic E-state index is -0.868. The third-order valence-electron chi connectivity index (χ3n) is 11.6. The van der Waals surface area contributed by atoms with Crippen LogP contribution in [0.1, 0.15) is 85.0 Å². The first-order valence-corrected chi connectivity index (χ1v) is 14.3. The quantitative estimate of drug-likeness (QED) is 0.488. The molecule has 0 aromatic heterocycles. The highest BCUT2D eigenvalue weighted by Gasteiger charge is 2.66. The molecule has 7 rings (SSSR count). The van der Waals surface area contributed by atoms with Crippen LogP contribution in [-0.2, 0) is 0 Å². The zero-order chi connectivity index (χ0) is 22.5. The third-order valence-corrected chi connectivity index (χ3v) is 11.6. The lowest BCUT2D eigenvalue weighted by Gasteiger charge is -2.43. The molecule has 33 heavy (non-hydrogen) atoms. The molecule has 5 fully saturated rings. The van der Waals surface area contributed by atoms with E-state index in [-0.39, 0.29) is 6.17 Å². The molecule has 2 bridgehead atoms. The summed E-state index contributed by atoms with van der Waals surface area (Å²) in [7, 11) is 0. The lowest BCUT2D eigenvalue weighted by Crippen LogP contribution is -2.45. The molecule has 8 atom stereocenters. The van der Waals surface area contributed by atoms with Crippen molar-refractivity contribution in [1.29, 1.82) is 0 Å². The van der Waals surface area contributed by atoms with Crippen LogP contribution in [0.4, 0.5) is 4.39 Å². The molecule has 180 valence electrons. The molecule has 0 amide bonds. The number of halogens is 1. The summed E-state index contributed by atoms with van der Waals surface area (Å²) in [5.41, 5.74) is 3.61. The van der Waals surface area contributed by atoms with Crippen LogP contribution in [0, 0.1) is 59.2 Å². The molecule has 3 heteroatoms. The van der Waals surface area contributed by atoms with E-state index >= 15 is 0 Å². The minimum Gasteiger partial charge on any atom is -0.367 e. The summed E-state index contributed by atoms with van der Waals surface area (Å²) in [5.74, 6) is 7.16. The van der Waals surface area contributed by atoms with Crippen LogP contribution < -0.4 is 5.32 Å². The number of nitrogens with one attached hydrogen (secondary N) is 1. The van der Waals surface area contributed by atoms with Crippen LogP contribution in [0.25, 0.3) is 0 Å². The average Bonchev–Trinajstić information content (AvgIpc) is 3.27. The first-order valence-electron chi connectivity index (χ1n) is 14.3. The number of hydrogen-bond donors (Lipinski definition) is 1. The molecular formula is C30H43FN2. The molecule has 1 aliphatic heterocycles. The summed E-state index contributed by atoms with van der Waals surface area (Å²) in [6.45, 7) is 6.53. The Hall–Kier alpha value is -1.12. The molecule has 7 aliphatic rings. The van der Waals surface area contributed by atoms with Crippen molar-refractivity contribution in [2.75, 3.05) is 0 Å². The fourth-order valence-electron chi connectivity index (χ4n) is 9.88. The van der Waals surface area contributed by atoms with Crippen molar-refractivity contribution in [1.82, 2.24) is 5.32 Å². The molecule has 6 aliphatic carbocycles. The zero-order valence-corrected chi connectivity index (χ0v) is 20.9. The first-order chi connectivity index (χ1) is 15.9. The van der Waals surface area contributed by atoms with Crippen molar-refractivity contribution in [3.63, 3.8) is 0 Å². The molecule has 0 spiro atoms. The van der Waals surface area contributed by atoms with E-state index in [2.05, 4.69) is 31.3 Å². The highest BCUT2D eigenvalue weighted by atomic mass is 19.1. The summed E-state index contributed by atoms with van der Waals surface area (Å²) in [4.78, 5) is 5.31. The predicted octanol–water partition coefficient (Wildman–Crippen LogP) is 7.08. The summed E-state index contributed by atoms with van der Waals surface area (Å²) >= 11 is 0. The van der Waals surface area contributed by atoms with Gasteiger partial charge in [-0.25, -0.2) is 4.39 Å². The van der Waals surface area contributed by atoms with Gasteiger partial charge in [-0.15, -0.1) is 0 Å². The van der Waals surface area contributed by atoms with Gasteiger partial charge >= 0.3 is 0 Å². The Morgan fingerprint density at radius 2 is 1.61 bits per heavy atom. The van der Waals surface area contributed by atoms with Crippen LogP contribution in [0.3, 0.4) is 0 Å². The van der Waals surface area contributed by atoms with E-state index in [9.17, 15) is 4.39 Å². The van der Waals surface area contributed by atoms with Crippen molar-refractivity contribution in [3.05, 3.63) is 23.4 Å². The van der Waals surface area contributed by atoms with E-state index in [1.165, 1.54) is 56.2 Å². The summed E-state index contributed by atoms with van der Waals surface area (Å²) < 4.78 is 14.4. The molecule has 0 aromatic rings. The lowest BCUT2D eigenvalue weighted by atomic mass is 9.64. The van der Waals surface area contributed by atoms with E-state index in [4.69, 9.17) is 4.99 Å². The maximum atomic E-state index is 14.4. The highest BCUT2D eigenvalue weighted by molar-refractivity contribution is 5.93. The largest absolute Gasteiger partial charge is 0.367 e. The number of rotatable bonds is 3. The van der Waals surface area contributed by atoms with Gasteiger partial charge in [-0.05, 0) is 131 Å². The van der Waals surface area contributed by atoms with E-state index in [1.807, 2.05) is 6.92 Å². The molecule has 0 saturated heterocycles. The van der Waals surface area contributed by atoms with Crippen LogP contribution in [0.15, 0.2) is 28.4 Å². The van der Waals surface area contributed by atoms with Crippen molar-refractivity contribution in [2.24, 2.45) is 64.2 Å². The second-order valence-electron chi connectivity index (χ2n) is 13.5. The smallest absolute Gasteiger partial charge is 0.115 e. The Bertz CT molecular complexity index is 886. The third kappa shape index (κ3) is 3.33. The number of hydrogen-bond acceptors (Lipinski definition) is 2. The fourth-order valence-corrected chi connectivity index (χ4v) is 9.88. The SMILES string of the molecule is CC1CC[C@H](C2CC3CCC(C2)C3C2=NC(C)NC3=CC([C@H]4CC5C(C4)[C@@]5(C)F)=CCC32)C1. The van der Waals surface area contributed by atoms with Gasteiger partial charge in [-0.1, -0.05) is 19.4 Å². The molecule has 2 nitrogen and oxygen atoms in total. The van der Waals surface area contributed by atoms with Gasteiger partial charge in [0.05, 0.1) is 0 Å². The summed E-state index contributed by atoms with van der Waals surface area (Å²) in [6, 6.07) is 0. The number of alkyl halides is 1. The fraction of sp³-hybridized carbons (Fsp3) is 0.833. The number of nitrogens with zero attached hydrogens (tertiary/aromatic N) is 1. The molecule has 5 saturated carbocycles. The van der Waals surface area contributed by atoms with Gasteiger partial charge in [-0.3, -0.25) is 4.99 Å². The van der Waals surface area contributed by atoms with Crippen molar-refractivity contribution in [3.8, 4) is 0 Å². The second-order valence-corrected chi connectivity index (χ2v) is 13.5. The summed E-state index contributed by atoms with van der Waals surface area (Å²) in [6.07, 6.45) is 18.7. The van der Waals surface area contributed by atoms with Gasteiger partial charge in [-0.2, -0.15) is 0 Å². The first kappa shape index (κ1) is 21.2. The van der Waals surface area contributed by atoms with Gasteiger partial charge in [0.15, 0.2) is 0 Å². The Balaban J connectivity index is 1.08. The van der Waals surface area contributed by atoms with Crippen LogP contribution in [0.2, 0.25) is 0 Å². The van der Waals surface area contributed by atoms with Crippen molar-refractivity contribution in [2.45, 2.75) is 96.8 Å². The van der Waals surface area contributed by atoms with Gasteiger partial charge in [0.1, 0.15) is 11.8 Å². The monoisotopic (exact) mass is 450 g/mol. The standard InChI is InChI=1S/C30H43FN2/c1-16-4-5-18(10-16)22-11-20-6-7-21(12-22)28(20)29-24-9-8-19(15-27(24)32-17(2)33-29)23-13-25-26(14-23)30(25,3)31/h8,15-18,20-26,28,32H,4-7,9-14H2,1-3H3/t16?,17?,18-,20?,21?,22?,23-,24?,25?,26?,28?,30-/m0/s1. The van der Waals surface area contributed by atoms with Gasteiger partial charge in [0.25, 0.3) is 0 Å². The number of aliphatic imine (C=N–C) groups is 1. The van der Waals surface area contributed by atoms with Crippen LogP contribution in [0.5, 0.6) is 0 Å². The van der Waals surface area contributed by atoms with Crippen molar-refractivity contribution >= 4 is 5.71 Å². The molecular weight excluding hydrogens is 407 g/mol. The number of allylic oxidation sites excluding steroid dienone is 4. The highest BCUT2D eigenvalue weighted by Crippen LogP contribution is 2.66. The Labute approximate surface area is 200 Å². The summed E-state index contributed by atoms with van der Waals surface area (Å²) in [5, 5.41) is 3.75. The number of fused-ring (bicyclic) bond motifs is 4. The Morgan fingerprint density at radius 3 is 2.27 bits per heavy atom. The zero-order valence-electron chi connectivity index (χ0n) is 20.9. The average molecular weight is 451 g/mol. The van der Waals surface area contributed by atoms with E-state index < -0.39 is 5.67 Å². The lowest BCUT2D eigenvalue weighted by molar-refractivity contribution is 0.156. The van der Waals surface area contributed by atoms with Gasteiger partial charge in [0.2, 0.25) is 0 Å². The maximum Gasteiger partial charge on any atom is 0.115 e. The maximum absolute atomic E-state index is 14.4. The van der Waals surface area contributed by atoms with Crippen LogP contribution in [-0.4, -0.2) is 17.5 Å². The van der Waals surface area contributed by atoms with Gasteiger partial charge < -0.3 is 5.32 Å². The minimum absolute atomic E-state index is 0.195. The molecule has 0 aromatic carbocycles. The van der Waals surface area contributed by atoms with E-state index in [0.717, 1.165) is 54.8 Å². The van der Waals surface area contributed by atoms with E-state index in [0.29, 0.717) is 23.7 Å². The molecule has 1 N–H and O–H groups in total. The van der Waals surface area contributed by atoms with Gasteiger partial charge in [0, 0.05) is 23.2 Å². The molecule has 1 heterocycles. The Kier molecular flexibility index (Phi) is 4.78. The second kappa shape index (κ2) is 7.44. The molecule has 0 radical (unpaired) electrons. The van der Waals surface area contributed by atoms with Crippen LogP contribution >= 0.6 is 0 Å². The predicted molar refractivity (Wildman–Crippen MR) is 132 cm³/mol. The normalized spacial score (nSPS) is 54.7.